The number of rotatable bonds is 4. The van der Waals surface area contributed by atoms with Crippen LogP contribution < -0.4 is 11.2 Å². The van der Waals surface area contributed by atoms with E-state index in [9.17, 15) is 0 Å². The zero-order valence-electron chi connectivity index (χ0n) is 8.67. The summed E-state index contributed by atoms with van der Waals surface area (Å²) in [7, 11) is 3.94. The van der Waals surface area contributed by atoms with E-state index < -0.39 is 0 Å². The molecular formula is C9H16BrN3S. The molecule has 0 aliphatic carbocycles. The van der Waals surface area contributed by atoms with Crippen molar-refractivity contribution in [1.82, 2.24) is 10.4 Å². The van der Waals surface area contributed by atoms with Crippen molar-refractivity contribution in [2.45, 2.75) is 13.0 Å². The molecule has 0 aliphatic heterocycles. The molecule has 5 heteroatoms. The molecule has 80 valence electrons. The van der Waals surface area contributed by atoms with Gasteiger partial charge in [0.05, 0.1) is 6.04 Å². The molecule has 1 rings (SSSR count). The molecule has 0 aromatic carbocycles. The van der Waals surface area contributed by atoms with Crippen LogP contribution in [0.3, 0.4) is 0 Å². The van der Waals surface area contributed by atoms with E-state index in [0.717, 1.165) is 4.47 Å². The Labute approximate surface area is 97.4 Å². The molecule has 0 saturated carbocycles. The van der Waals surface area contributed by atoms with Crippen molar-refractivity contribution in [3.8, 4) is 0 Å². The van der Waals surface area contributed by atoms with Crippen LogP contribution in [0, 0.1) is 6.92 Å². The molecule has 14 heavy (non-hydrogen) atoms. The van der Waals surface area contributed by atoms with Crippen molar-refractivity contribution in [3.05, 3.63) is 20.3 Å². The summed E-state index contributed by atoms with van der Waals surface area (Å²) in [6, 6.07) is 2.34. The fraction of sp³-hybridized carbons (Fsp3) is 0.556. The molecule has 0 radical (unpaired) electrons. The summed E-state index contributed by atoms with van der Waals surface area (Å²) in [5.41, 5.74) is 9.00. The minimum Gasteiger partial charge on any atom is -0.329 e. The number of thiophene rings is 1. The normalized spacial score (nSPS) is 13.6. The zero-order valence-corrected chi connectivity index (χ0v) is 11.1. The summed E-state index contributed by atoms with van der Waals surface area (Å²) in [5, 5.41) is 1.93. The van der Waals surface area contributed by atoms with E-state index in [4.69, 9.17) is 5.73 Å². The van der Waals surface area contributed by atoms with Gasteiger partial charge in [-0.1, -0.05) is 0 Å². The number of hydrogen-bond acceptors (Lipinski definition) is 4. The highest BCUT2D eigenvalue weighted by atomic mass is 79.9. The van der Waals surface area contributed by atoms with Gasteiger partial charge in [-0.05, 0) is 28.9 Å². The van der Waals surface area contributed by atoms with E-state index >= 15 is 0 Å². The Balaban J connectivity index is 2.78. The Morgan fingerprint density at radius 1 is 1.64 bits per heavy atom. The van der Waals surface area contributed by atoms with Gasteiger partial charge in [-0.2, -0.15) is 0 Å². The molecule has 1 aromatic rings. The highest BCUT2D eigenvalue weighted by molar-refractivity contribution is 9.10. The molecule has 3 nitrogen and oxygen atoms in total. The summed E-state index contributed by atoms with van der Waals surface area (Å²) in [6.45, 7) is 2.70. The van der Waals surface area contributed by atoms with Crippen LogP contribution >= 0.6 is 27.3 Å². The van der Waals surface area contributed by atoms with Gasteiger partial charge < -0.3 is 5.73 Å². The largest absolute Gasteiger partial charge is 0.329 e. The summed E-state index contributed by atoms with van der Waals surface area (Å²) in [4.78, 5) is 2.56. The first-order valence-electron chi connectivity index (χ1n) is 4.44. The summed E-state index contributed by atoms with van der Waals surface area (Å²) in [6.07, 6.45) is 0. The average Bonchev–Trinajstić information content (AvgIpc) is 2.42. The smallest absolute Gasteiger partial charge is 0.0680 e. The lowest BCUT2D eigenvalue weighted by molar-refractivity contribution is 0.247. The molecular weight excluding hydrogens is 262 g/mol. The average molecular weight is 278 g/mol. The van der Waals surface area contributed by atoms with Gasteiger partial charge in [0, 0.05) is 34.9 Å². The van der Waals surface area contributed by atoms with Crippen LogP contribution in [0.2, 0.25) is 0 Å². The molecule has 1 atom stereocenters. The Kier molecular flexibility index (Phi) is 4.53. The second-order valence-corrected chi connectivity index (χ2v) is 5.51. The second kappa shape index (κ2) is 5.23. The van der Waals surface area contributed by atoms with E-state index in [-0.39, 0.29) is 6.04 Å². The molecule has 0 spiro atoms. The predicted molar refractivity (Wildman–Crippen MR) is 65.4 cm³/mol. The SMILES string of the molecule is Cc1sc(C(CN)NN(C)C)cc1Br. The Hall–Kier alpha value is 0.0600. The van der Waals surface area contributed by atoms with E-state index in [2.05, 4.69) is 34.3 Å². The molecule has 0 bridgehead atoms. The summed E-state index contributed by atoms with van der Waals surface area (Å²) >= 11 is 5.28. The first-order chi connectivity index (χ1) is 6.54. The van der Waals surface area contributed by atoms with Crippen LogP contribution in [0.15, 0.2) is 10.5 Å². The highest BCUT2D eigenvalue weighted by Crippen LogP contribution is 2.30. The molecule has 0 amide bonds. The Morgan fingerprint density at radius 3 is 2.64 bits per heavy atom. The number of nitrogens with one attached hydrogen (secondary N) is 1. The van der Waals surface area contributed by atoms with Crippen LogP contribution in [0.1, 0.15) is 15.8 Å². The molecule has 0 saturated heterocycles. The van der Waals surface area contributed by atoms with E-state index in [0.29, 0.717) is 6.54 Å². The van der Waals surface area contributed by atoms with Gasteiger partial charge in [-0.15, -0.1) is 11.3 Å². The van der Waals surface area contributed by atoms with Crippen molar-refractivity contribution >= 4 is 27.3 Å². The van der Waals surface area contributed by atoms with Crippen molar-refractivity contribution in [1.29, 1.82) is 0 Å². The van der Waals surface area contributed by atoms with Crippen LogP contribution in [0.5, 0.6) is 0 Å². The third-order valence-electron chi connectivity index (χ3n) is 1.87. The molecule has 0 aliphatic rings. The third kappa shape index (κ3) is 3.03. The van der Waals surface area contributed by atoms with Crippen LogP contribution in [0.4, 0.5) is 0 Å². The topological polar surface area (TPSA) is 41.3 Å². The lowest BCUT2D eigenvalue weighted by atomic mass is 10.2. The maximum absolute atomic E-state index is 5.71. The first-order valence-corrected chi connectivity index (χ1v) is 6.05. The molecule has 1 unspecified atom stereocenters. The van der Waals surface area contributed by atoms with Gasteiger partial charge >= 0.3 is 0 Å². The van der Waals surface area contributed by atoms with E-state index in [1.165, 1.54) is 9.75 Å². The first kappa shape index (κ1) is 12.1. The van der Waals surface area contributed by atoms with E-state index in [1.54, 1.807) is 11.3 Å². The van der Waals surface area contributed by atoms with Crippen molar-refractivity contribution < 1.29 is 0 Å². The lowest BCUT2D eigenvalue weighted by Crippen LogP contribution is -2.37. The monoisotopic (exact) mass is 277 g/mol. The standard InChI is InChI=1S/C9H16BrN3S/c1-6-7(10)4-9(14-6)8(5-11)12-13(2)3/h4,8,12H,5,11H2,1-3H3. The lowest BCUT2D eigenvalue weighted by Gasteiger charge is -2.20. The van der Waals surface area contributed by atoms with Crippen LogP contribution in [-0.4, -0.2) is 25.6 Å². The maximum atomic E-state index is 5.71. The summed E-state index contributed by atoms with van der Waals surface area (Å²) < 4.78 is 1.16. The second-order valence-electron chi connectivity index (χ2n) is 3.36. The van der Waals surface area contributed by atoms with Crippen LogP contribution in [0.25, 0.3) is 0 Å². The van der Waals surface area contributed by atoms with Crippen molar-refractivity contribution in [3.63, 3.8) is 0 Å². The minimum atomic E-state index is 0.208. The third-order valence-corrected chi connectivity index (χ3v) is 4.12. The van der Waals surface area contributed by atoms with Gasteiger partial charge in [0.1, 0.15) is 0 Å². The fourth-order valence-electron chi connectivity index (χ4n) is 1.20. The van der Waals surface area contributed by atoms with Gasteiger partial charge in [0.2, 0.25) is 0 Å². The maximum Gasteiger partial charge on any atom is 0.0680 e. The number of aryl methyl sites for hydroxylation is 1. The molecule has 3 N–H and O–H groups in total. The predicted octanol–water partition coefficient (Wildman–Crippen LogP) is 1.89. The number of hydrazine groups is 1. The summed E-state index contributed by atoms with van der Waals surface area (Å²) in [5.74, 6) is 0. The molecule has 0 fully saturated rings. The van der Waals surface area contributed by atoms with Gasteiger partial charge in [-0.3, -0.25) is 0 Å². The van der Waals surface area contributed by atoms with Gasteiger partial charge in [0.15, 0.2) is 0 Å². The highest BCUT2D eigenvalue weighted by Gasteiger charge is 2.13. The number of nitrogens with two attached hydrogens (primary N) is 1. The Morgan fingerprint density at radius 2 is 2.29 bits per heavy atom. The van der Waals surface area contributed by atoms with Crippen molar-refractivity contribution in [2.75, 3.05) is 20.6 Å². The zero-order chi connectivity index (χ0) is 10.7. The van der Waals surface area contributed by atoms with E-state index in [1.807, 2.05) is 19.1 Å². The molecule has 1 heterocycles. The number of halogens is 1. The number of hydrogen-bond donors (Lipinski definition) is 2. The quantitative estimate of drug-likeness (QED) is 0.826. The van der Waals surface area contributed by atoms with Gasteiger partial charge in [-0.25, -0.2) is 10.4 Å². The van der Waals surface area contributed by atoms with Crippen molar-refractivity contribution in [2.24, 2.45) is 5.73 Å². The van der Waals surface area contributed by atoms with Gasteiger partial charge in [0.25, 0.3) is 0 Å². The van der Waals surface area contributed by atoms with Crippen LogP contribution in [-0.2, 0) is 0 Å². The molecule has 1 aromatic heterocycles. The number of nitrogens with zero attached hydrogens (tertiary/aromatic N) is 1. The Bertz CT molecular complexity index is 279. The fourth-order valence-corrected chi connectivity index (χ4v) is 2.82. The minimum absolute atomic E-state index is 0.208.